The molecule has 0 radical (unpaired) electrons. The van der Waals surface area contributed by atoms with Crippen molar-refractivity contribution in [2.24, 2.45) is 0 Å². The third-order valence-corrected chi connectivity index (χ3v) is 3.17. The Kier molecular flexibility index (Phi) is 2.33. The standard InChI is InChI=1S/C12H9BrN4/c13-10-2-1-7-17-11(15-16-12(10)17)8-3-5-9(14)6-4-8/h1-7H,14H2. The fourth-order valence-corrected chi connectivity index (χ4v) is 2.14. The molecule has 0 saturated heterocycles. The molecule has 0 aliphatic heterocycles. The molecule has 2 N–H and O–H groups in total. The molecule has 0 fully saturated rings. The second-order valence-electron chi connectivity index (χ2n) is 3.70. The summed E-state index contributed by atoms with van der Waals surface area (Å²) >= 11 is 3.45. The highest BCUT2D eigenvalue weighted by molar-refractivity contribution is 9.10. The van der Waals surface area contributed by atoms with Gasteiger partial charge in [0, 0.05) is 17.4 Å². The van der Waals surface area contributed by atoms with E-state index >= 15 is 0 Å². The van der Waals surface area contributed by atoms with Gasteiger partial charge in [0.15, 0.2) is 11.5 Å². The van der Waals surface area contributed by atoms with Gasteiger partial charge in [0.1, 0.15) is 0 Å². The van der Waals surface area contributed by atoms with Crippen LogP contribution in [-0.2, 0) is 0 Å². The molecule has 4 nitrogen and oxygen atoms in total. The lowest BCUT2D eigenvalue weighted by Crippen LogP contribution is -1.90. The van der Waals surface area contributed by atoms with Crippen LogP contribution < -0.4 is 5.73 Å². The van der Waals surface area contributed by atoms with Crippen LogP contribution in [0.5, 0.6) is 0 Å². The van der Waals surface area contributed by atoms with E-state index in [9.17, 15) is 0 Å². The molecule has 3 aromatic rings. The van der Waals surface area contributed by atoms with Crippen molar-refractivity contribution in [2.45, 2.75) is 0 Å². The van der Waals surface area contributed by atoms with Crippen LogP contribution in [0.3, 0.4) is 0 Å². The molecule has 0 aliphatic rings. The molecule has 2 heterocycles. The number of nitrogens with zero attached hydrogens (tertiary/aromatic N) is 3. The van der Waals surface area contributed by atoms with E-state index in [1.807, 2.05) is 47.0 Å². The first kappa shape index (κ1) is 10.3. The molecule has 0 amide bonds. The van der Waals surface area contributed by atoms with E-state index in [4.69, 9.17) is 5.73 Å². The minimum absolute atomic E-state index is 0.740. The zero-order valence-corrected chi connectivity index (χ0v) is 10.4. The van der Waals surface area contributed by atoms with Gasteiger partial charge in [0.05, 0.1) is 4.47 Å². The van der Waals surface area contributed by atoms with Gasteiger partial charge in [-0.15, -0.1) is 10.2 Å². The predicted octanol–water partition coefficient (Wildman–Crippen LogP) is 2.74. The summed E-state index contributed by atoms with van der Waals surface area (Å²) in [5.74, 6) is 0.807. The zero-order chi connectivity index (χ0) is 11.8. The molecule has 17 heavy (non-hydrogen) atoms. The summed E-state index contributed by atoms with van der Waals surface area (Å²) in [6.07, 6.45) is 1.94. The van der Waals surface area contributed by atoms with Crippen LogP contribution in [0.2, 0.25) is 0 Å². The van der Waals surface area contributed by atoms with Gasteiger partial charge in [0.2, 0.25) is 0 Å². The van der Waals surface area contributed by atoms with E-state index < -0.39 is 0 Å². The Balaban J connectivity index is 2.24. The first-order chi connectivity index (χ1) is 8.25. The van der Waals surface area contributed by atoms with E-state index in [-0.39, 0.29) is 0 Å². The number of anilines is 1. The highest BCUT2D eigenvalue weighted by atomic mass is 79.9. The van der Waals surface area contributed by atoms with Gasteiger partial charge in [-0.2, -0.15) is 0 Å². The van der Waals surface area contributed by atoms with Crippen molar-refractivity contribution >= 4 is 27.3 Å². The zero-order valence-electron chi connectivity index (χ0n) is 8.84. The topological polar surface area (TPSA) is 56.2 Å². The summed E-state index contributed by atoms with van der Waals surface area (Å²) in [5, 5.41) is 8.35. The van der Waals surface area contributed by atoms with Crippen molar-refractivity contribution in [3.63, 3.8) is 0 Å². The fourth-order valence-electron chi connectivity index (χ4n) is 1.71. The summed E-state index contributed by atoms with van der Waals surface area (Å²) in [6, 6.07) is 11.5. The second kappa shape index (κ2) is 3.85. The maximum atomic E-state index is 5.67. The van der Waals surface area contributed by atoms with Gasteiger partial charge < -0.3 is 5.73 Å². The molecule has 0 atom stereocenters. The van der Waals surface area contributed by atoms with Crippen molar-refractivity contribution in [1.82, 2.24) is 14.6 Å². The molecule has 3 rings (SSSR count). The van der Waals surface area contributed by atoms with Crippen molar-refractivity contribution in [3.8, 4) is 11.4 Å². The average Bonchev–Trinajstić information content (AvgIpc) is 2.75. The number of hydrogen-bond acceptors (Lipinski definition) is 3. The lowest BCUT2D eigenvalue weighted by Gasteiger charge is -2.01. The smallest absolute Gasteiger partial charge is 0.175 e. The first-order valence-electron chi connectivity index (χ1n) is 5.11. The maximum Gasteiger partial charge on any atom is 0.175 e. The van der Waals surface area contributed by atoms with E-state index in [1.54, 1.807) is 0 Å². The average molecular weight is 289 g/mol. The van der Waals surface area contributed by atoms with Gasteiger partial charge in [-0.25, -0.2) is 0 Å². The Morgan fingerprint density at radius 1 is 1.06 bits per heavy atom. The van der Waals surface area contributed by atoms with Crippen LogP contribution in [0.4, 0.5) is 5.69 Å². The lowest BCUT2D eigenvalue weighted by atomic mass is 10.2. The summed E-state index contributed by atoms with van der Waals surface area (Å²) in [5.41, 5.74) is 8.20. The normalized spacial score (nSPS) is 10.9. The highest BCUT2D eigenvalue weighted by Gasteiger charge is 2.09. The number of fused-ring (bicyclic) bond motifs is 1. The molecule has 0 bridgehead atoms. The number of halogens is 1. The Hall–Kier alpha value is -1.88. The Bertz CT molecular complexity index is 673. The summed E-state index contributed by atoms with van der Waals surface area (Å²) in [7, 11) is 0. The molecule has 84 valence electrons. The van der Waals surface area contributed by atoms with E-state index in [2.05, 4.69) is 26.1 Å². The third kappa shape index (κ3) is 1.68. The first-order valence-corrected chi connectivity index (χ1v) is 5.90. The van der Waals surface area contributed by atoms with E-state index in [1.165, 1.54) is 0 Å². The number of benzene rings is 1. The van der Waals surface area contributed by atoms with Crippen molar-refractivity contribution < 1.29 is 0 Å². The quantitative estimate of drug-likeness (QED) is 0.701. The van der Waals surface area contributed by atoms with Crippen molar-refractivity contribution in [2.75, 3.05) is 5.73 Å². The summed E-state index contributed by atoms with van der Waals surface area (Å²) in [6.45, 7) is 0. The van der Waals surface area contributed by atoms with Crippen LogP contribution in [0.15, 0.2) is 47.1 Å². The SMILES string of the molecule is Nc1ccc(-c2nnc3c(Br)cccn23)cc1. The minimum atomic E-state index is 0.740. The number of aromatic nitrogens is 3. The summed E-state index contributed by atoms with van der Waals surface area (Å²) < 4.78 is 2.87. The Labute approximate surface area is 106 Å². The monoisotopic (exact) mass is 288 g/mol. The van der Waals surface area contributed by atoms with E-state index in [0.717, 1.165) is 27.2 Å². The number of pyridine rings is 1. The molecule has 0 aliphatic carbocycles. The molecule has 0 spiro atoms. The largest absolute Gasteiger partial charge is 0.399 e. The van der Waals surface area contributed by atoms with Crippen molar-refractivity contribution in [1.29, 1.82) is 0 Å². The number of nitrogen functional groups attached to an aromatic ring is 1. The molecule has 0 unspecified atom stereocenters. The molecule has 2 aromatic heterocycles. The van der Waals surface area contributed by atoms with Gasteiger partial charge in [-0.1, -0.05) is 0 Å². The van der Waals surface area contributed by atoms with Crippen molar-refractivity contribution in [3.05, 3.63) is 47.1 Å². The van der Waals surface area contributed by atoms with Crippen LogP contribution in [0.25, 0.3) is 17.0 Å². The fraction of sp³-hybridized carbons (Fsp3) is 0. The third-order valence-electron chi connectivity index (χ3n) is 2.56. The lowest BCUT2D eigenvalue weighted by molar-refractivity contribution is 1.11. The van der Waals surface area contributed by atoms with Gasteiger partial charge in [-0.3, -0.25) is 4.40 Å². The molecule has 1 aromatic carbocycles. The van der Waals surface area contributed by atoms with E-state index in [0.29, 0.717) is 0 Å². The van der Waals surface area contributed by atoms with Gasteiger partial charge >= 0.3 is 0 Å². The maximum absolute atomic E-state index is 5.67. The molecule has 0 saturated carbocycles. The minimum Gasteiger partial charge on any atom is -0.399 e. The number of nitrogens with two attached hydrogens (primary N) is 1. The van der Waals surface area contributed by atoms with Crippen LogP contribution in [-0.4, -0.2) is 14.6 Å². The number of hydrogen-bond donors (Lipinski definition) is 1. The van der Waals surface area contributed by atoms with Gasteiger partial charge in [0.25, 0.3) is 0 Å². The van der Waals surface area contributed by atoms with Crippen LogP contribution >= 0.6 is 15.9 Å². The van der Waals surface area contributed by atoms with Crippen LogP contribution in [0.1, 0.15) is 0 Å². The second-order valence-corrected chi connectivity index (χ2v) is 4.55. The Morgan fingerprint density at radius 2 is 1.82 bits per heavy atom. The number of rotatable bonds is 1. The highest BCUT2D eigenvalue weighted by Crippen LogP contribution is 2.23. The predicted molar refractivity (Wildman–Crippen MR) is 70.5 cm³/mol. The summed E-state index contributed by atoms with van der Waals surface area (Å²) in [4.78, 5) is 0. The molecular formula is C12H9BrN4. The van der Waals surface area contributed by atoms with Crippen LogP contribution in [0, 0.1) is 0 Å². The van der Waals surface area contributed by atoms with Gasteiger partial charge in [-0.05, 0) is 52.3 Å². The molecular weight excluding hydrogens is 280 g/mol. The Morgan fingerprint density at radius 3 is 2.59 bits per heavy atom. The molecule has 5 heteroatoms.